The molecule has 0 fully saturated rings. The average molecular weight is 354 g/mol. The highest BCUT2D eigenvalue weighted by molar-refractivity contribution is 5.86. The van der Waals surface area contributed by atoms with Gasteiger partial charge in [-0.25, -0.2) is 0 Å². The van der Waals surface area contributed by atoms with Crippen molar-refractivity contribution in [3.63, 3.8) is 0 Å². The van der Waals surface area contributed by atoms with E-state index >= 15 is 0 Å². The molecule has 0 bridgehead atoms. The van der Waals surface area contributed by atoms with Gasteiger partial charge in [0, 0.05) is 28.6 Å². The smallest absolute Gasteiger partial charge is 0.0639 e. The summed E-state index contributed by atoms with van der Waals surface area (Å²) in [5.74, 6) is 0.488. The van der Waals surface area contributed by atoms with E-state index in [2.05, 4.69) is 48.8 Å². The number of rotatable bonds is 8. The van der Waals surface area contributed by atoms with E-state index in [0.717, 1.165) is 37.7 Å². The predicted octanol–water partition coefficient (Wildman–Crippen LogP) is 4.65. The second-order valence-corrected chi connectivity index (χ2v) is 7.84. The predicted molar refractivity (Wildman–Crippen MR) is 108 cm³/mol. The van der Waals surface area contributed by atoms with Gasteiger partial charge in [-0.2, -0.15) is 0 Å². The van der Waals surface area contributed by atoms with Gasteiger partial charge in [0.1, 0.15) is 0 Å². The third kappa shape index (κ3) is 3.26. The lowest BCUT2D eigenvalue weighted by atomic mass is 9.70. The summed E-state index contributed by atoms with van der Waals surface area (Å²) in [7, 11) is 0. The quantitative estimate of drug-likeness (QED) is 0.605. The van der Waals surface area contributed by atoms with E-state index < -0.39 is 0 Å². The summed E-state index contributed by atoms with van der Waals surface area (Å²) < 4.78 is 0. The Morgan fingerprint density at radius 1 is 1.35 bits per heavy atom. The second-order valence-electron chi connectivity index (χ2n) is 7.84. The Kier molecular flexibility index (Phi) is 5.69. The van der Waals surface area contributed by atoms with Crippen molar-refractivity contribution in [3.05, 3.63) is 59.3 Å². The fraction of sp³-hybridized carbons (Fsp3) is 0.478. The molecule has 26 heavy (non-hydrogen) atoms. The van der Waals surface area contributed by atoms with Gasteiger partial charge in [0.25, 0.3) is 0 Å². The van der Waals surface area contributed by atoms with Gasteiger partial charge in [-0.05, 0) is 56.6 Å². The average Bonchev–Trinajstić information content (AvgIpc) is 3.15. The summed E-state index contributed by atoms with van der Waals surface area (Å²) in [6, 6.07) is 8.54. The lowest BCUT2D eigenvalue weighted by Gasteiger charge is -2.34. The summed E-state index contributed by atoms with van der Waals surface area (Å²) in [5, 5.41) is 19.8. The van der Waals surface area contributed by atoms with Gasteiger partial charge in [-0.1, -0.05) is 48.9 Å². The molecule has 1 heterocycles. The van der Waals surface area contributed by atoms with Gasteiger partial charge in [0.05, 0.1) is 6.61 Å². The van der Waals surface area contributed by atoms with Gasteiger partial charge < -0.3 is 15.2 Å². The number of aromatic nitrogens is 1. The second kappa shape index (κ2) is 7.81. The first-order chi connectivity index (χ1) is 12.5. The number of H-pyrrole nitrogens is 1. The maximum atomic E-state index is 9.27. The first-order valence-electron chi connectivity index (χ1n) is 9.68. The van der Waals surface area contributed by atoms with E-state index in [9.17, 15) is 10.2 Å². The number of benzene rings is 1. The van der Waals surface area contributed by atoms with Crippen molar-refractivity contribution in [3.8, 4) is 0 Å². The van der Waals surface area contributed by atoms with E-state index in [1.54, 1.807) is 0 Å². The SMILES string of the molecule is C=C(CCCO)C1(C)c2[nH]c3ccccc3c2CC1CC/C=C(\C)CO. The van der Waals surface area contributed by atoms with Crippen LogP contribution in [0, 0.1) is 5.92 Å². The van der Waals surface area contributed by atoms with Crippen molar-refractivity contribution in [1.82, 2.24) is 4.98 Å². The Morgan fingerprint density at radius 2 is 2.12 bits per heavy atom. The molecule has 1 aliphatic carbocycles. The molecule has 2 aromatic rings. The van der Waals surface area contributed by atoms with Gasteiger partial charge in [0.15, 0.2) is 0 Å². The van der Waals surface area contributed by atoms with E-state index in [-0.39, 0.29) is 18.6 Å². The molecule has 2 atom stereocenters. The summed E-state index contributed by atoms with van der Waals surface area (Å²) in [6.45, 7) is 9.07. The van der Waals surface area contributed by atoms with E-state index in [1.165, 1.54) is 27.7 Å². The van der Waals surface area contributed by atoms with E-state index in [0.29, 0.717) is 5.92 Å². The third-order valence-electron chi connectivity index (χ3n) is 6.23. The minimum Gasteiger partial charge on any atom is -0.396 e. The van der Waals surface area contributed by atoms with Gasteiger partial charge in [-0.3, -0.25) is 0 Å². The molecule has 3 nitrogen and oxygen atoms in total. The molecule has 140 valence electrons. The zero-order valence-electron chi connectivity index (χ0n) is 16.0. The minimum atomic E-state index is -0.0928. The molecule has 0 saturated carbocycles. The Bertz CT molecular complexity index is 817. The lowest BCUT2D eigenvalue weighted by molar-refractivity contribution is 0.279. The molecule has 2 unspecified atom stereocenters. The van der Waals surface area contributed by atoms with Crippen LogP contribution in [0.2, 0.25) is 0 Å². The van der Waals surface area contributed by atoms with Gasteiger partial charge in [0.2, 0.25) is 0 Å². The summed E-state index contributed by atoms with van der Waals surface area (Å²) in [5.41, 5.74) is 6.10. The molecule has 1 aromatic carbocycles. The van der Waals surface area contributed by atoms with Crippen LogP contribution in [0.15, 0.2) is 48.1 Å². The zero-order chi connectivity index (χ0) is 18.7. The van der Waals surface area contributed by atoms with Gasteiger partial charge >= 0.3 is 0 Å². The Balaban J connectivity index is 1.95. The topological polar surface area (TPSA) is 56.2 Å². The molecule has 3 N–H and O–H groups in total. The Morgan fingerprint density at radius 3 is 2.85 bits per heavy atom. The maximum absolute atomic E-state index is 9.27. The lowest BCUT2D eigenvalue weighted by Crippen LogP contribution is -2.31. The first kappa shape index (κ1) is 18.9. The van der Waals surface area contributed by atoms with Gasteiger partial charge in [-0.15, -0.1) is 0 Å². The molecule has 0 amide bonds. The van der Waals surface area contributed by atoms with Crippen LogP contribution in [0.3, 0.4) is 0 Å². The van der Waals surface area contributed by atoms with Crippen molar-refractivity contribution >= 4 is 10.9 Å². The summed E-state index contributed by atoms with van der Waals surface area (Å²) in [4.78, 5) is 3.69. The van der Waals surface area contributed by atoms with Crippen LogP contribution in [0.1, 0.15) is 50.8 Å². The Hall–Kier alpha value is -1.84. The van der Waals surface area contributed by atoms with Crippen LogP contribution >= 0.6 is 0 Å². The number of allylic oxidation sites excluding steroid dienone is 2. The fourth-order valence-corrected chi connectivity index (χ4v) is 4.51. The monoisotopic (exact) mass is 353 g/mol. The summed E-state index contributed by atoms with van der Waals surface area (Å²) >= 11 is 0. The van der Waals surface area contributed by atoms with E-state index in [4.69, 9.17) is 0 Å². The molecule has 0 aliphatic heterocycles. The molecule has 3 rings (SSSR count). The molecule has 1 aliphatic rings. The Labute approximate surface area is 156 Å². The number of fused-ring (bicyclic) bond motifs is 3. The van der Waals surface area contributed by atoms with Crippen LogP contribution in [0.4, 0.5) is 0 Å². The van der Waals surface area contributed by atoms with Crippen molar-refractivity contribution < 1.29 is 10.2 Å². The molecular formula is C23H31NO2. The number of aromatic amines is 1. The maximum Gasteiger partial charge on any atom is 0.0639 e. The number of nitrogens with one attached hydrogen (secondary N) is 1. The van der Waals surface area contributed by atoms with Crippen LogP contribution in [-0.2, 0) is 11.8 Å². The van der Waals surface area contributed by atoms with Crippen LogP contribution < -0.4 is 0 Å². The van der Waals surface area contributed by atoms with Crippen LogP contribution in [0.5, 0.6) is 0 Å². The van der Waals surface area contributed by atoms with Crippen LogP contribution in [-0.4, -0.2) is 28.4 Å². The highest BCUT2D eigenvalue weighted by atomic mass is 16.3. The fourth-order valence-electron chi connectivity index (χ4n) is 4.51. The minimum absolute atomic E-state index is 0.0928. The molecule has 0 spiro atoms. The number of hydrogen-bond acceptors (Lipinski definition) is 2. The third-order valence-corrected chi connectivity index (χ3v) is 6.23. The normalized spacial score (nSPS) is 22.8. The molecule has 3 heteroatoms. The van der Waals surface area contributed by atoms with Crippen molar-refractivity contribution in [2.75, 3.05) is 13.2 Å². The number of aliphatic hydroxyl groups excluding tert-OH is 2. The first-order valence-corrected chi connectivity index (χ1v) is 9.68. The largest absolute Gasteiger partial charge is 0.396 e. The molecule has 1 aromatic heterocycles. The van der Waals surface area contributed by atoms with Crippen LogP contribution in [0.25, 0.3) is 10.9 Å². The highest BCUT2D eigenvalue weighted by Gasteiger charge is 2.46. The van der Waals surface area contributed by atoms with Crippen molar-refractivity contribution in [1.29, 1.82) is 0 Å². The molecule has 0 saturated heterocycles. The number of para-hydroxylation sites is 1. The standard InChI is InChI=1S/C23H31NO2/c1-16(15-26)8-6-10-18-14-20-19-11-4-5-12-21(19)24-22(20)23(18,3)17(2)9-7-13-25/h4-5,8,11-12,18,24-26H,2,6-7,9-10,13-15H2,1,3H3/b16-8+. The summed E-state index contributed by atoms with van der Waals surface area (Å²) in [6.07, 6.45) is 6.87. The number of hydrogen-bond donors (Lipinski definition) is 3. The van der Waals surface area contributed by atoms with E-state index in [1.807, 2.05) is 6.92 Å². The number of aliphatic hydroxyl groups is 2. The van der Waals surface area contributed by atoms with Crippen molar-refractivity contribution in [2.45, 2.75) is 51.4 Å². The highest BCUT2D eigenvalue weighted by Crippen LogP contribution is 2.52. The zero-order valence-corrected chi connectivity index (χ0v) is 16.0. The molecular weight excluding hydrogens is 322 g/mol. The van der Waals surface area contributed by atoms with Crippen molar-refractivity contribution in [2.24, 2.45) is 5.92 Å². The molecule has 0 radical (unpaired) electrons.